The molecule has 0 rings (SSSR count). The number of thiol groups is 1. The highest BCUT2D eigenvalue weighted by Gasteiger charge is 1.70. The van der Waals surface area contributed by atoms with E-state index in [2.05, 4.69) is 12.6 Å². The molecule has 1 N–H and O–H groups in total. The Hall–Kier alpha value is 0.310. The van der Waals surface area contributed by atoms with Crippen LogP contribution in [0.1, 0.15) is 8.27 Å². The van der Waals surface area contributed by atoms with E-state index in [4.69, 9.17) is 6.48 Å². The van der Waals surface area contributed by atoms with E-state index >= 15 is 0 Å². The Morgan fingerprint density at radius 3 is 2.75 bits per heavy atom. The van der Waals surface area contributed by atoms with E-state index in [9.17, 15) is 0 Å². The van der Waals surface area contributed by atoms with Crippen molar-refractivity contribution < 1.29 is 6.48 Å². The van der Waals surface area contributed by atoms with Gasteiger partial charge >= 0.3 is 0 Å². The summed E-state index contributed by atoms with van der Waals surface area (Å²) in [5, 5.41) is 8.04. The molecular weight excluding hydrogens is 72.1 g/mol. The van der Waals surface area contributed by atoms with Crippen LogP contribution in [0.2, 0.25) is 0 Å². The molecule has 0 saturated carbocycles. The Labute approximate surface area is 32.5 Å². The van der Waals surface area contributed by atoms with E-state index in [-0.39, 0.29) is 6.90 Å². The van der Waals surface area contributed by atoms with Crippen LogP contribution in [0.5, 0.6) is 0 Å². The second-order valence-corrected chi connectivity index (χ2v) is 1.08. The van der Waals surface area contributed by atoms with Crippen molar-refractivity contribution in [3.63, 3.8) is 0 Å². The lowest BCUT2D eigenvalue weighted by Crippen LogP contribution is -1.79. The molecule has 0 aromatic rings. The second-order valence-electron chi connectivity index (χ2n) is 0.481. The van der Waals surface area contributed by atoms with Crippen LogP contribution in [0.4, 0.5) is 0 Å². The van der Waals surface area contributed by atoms with Crippen LogP contribution in [-0.2, 0) is 0 Å². The van der Waals surface area contributed by atoms with Gasteiger partial charge in [-0.25, -0.2) is 0 Å². The van der Waals surface area contributed by atoms with Crippen molar-refractivity contribution in [2.45, 2.75) is 12.3 Å². The molecule has 0 fully saturated rings. The Morgan fingerprint density at radius 2 is 2.75 bits per heavy atom. The molecule has 0 heterocycles. The number of rotatable bonds is 0. The summed E-state index contributed by atoms with van der Waals surface area (Å²) in [5.41, 5.74) is -0.755. The van der Waals surface area contributed by atoms with Crippen LogP contribution in [0.15, 0.2) is 0 Å². The highest BCUT2D eigenvalue weighted by Crippen LogP contribution is 1.78. The summed E-state index contributed by atoms with van der Waals surface area (Å²) >= 11 is 3.47. The highest BCUT2D eigenvalue weighted by atomic mass is 32.1. The average Bonchev–Trinajstić information content (AvgIpc) is 1.38. The monoisotopic (exact) mass is 79.0 g/mol. The number of hydrogen-bond acceptors (Lipinski definition) is 2. The number of aliphatic hydroxyl groups is 1. The zero-order chi connectivity index (χ0) is 4.28. The largest absolute Gasteiger partial charge is 0.383 e. The van der Waals surface area contributed by atoms with E-state index in [0.29, 0.717) is 0 Å². The summed E-state index contributed by atoms with van der Waals surface area (Å²) in [7, 11) is 0. The van der Waals surface area contributed by atoms with Crippen molar-refractivity contribution in [3.8, 4) is 0 Å². The standard InChI is InChI=1S/C2H6OS/c1-2(3)4/h2-4H,1H3/i1D. The van der Waals surface area contributed by atoms with Gasteiger partial charge < -0.3 is 5.11 Å². The van der Waals surface area contributed by atoms with E-state index in [0.717, 1.165) is 0 Å². The third kappa shape index (κ3) is 41.3. The molecule has 0 aromatic heterocycles. The Balaban J connectivity index is 2.54. The normalized spacial score (nSPS) is 19.0. The van der Waals surface area contributed by atoms with Gasteiger partial charge in [-0.15, -0.1) is 12.6 Å². The second kappa shape index (κ2) is 1.61. The molecule has 0 spiro atoms. The summed E-state index contributed by atoms with van der Waals surface area (Å²) in [6.07, 6.45) is 0. The minimum absolute atomic E-state index is 0.0247. The first-order chi connectivity index (χ1) is 2.27. The van der Waals surface area contributed by atoms with Gasteiger partial charge in [0.1, 0.15) is 0 Å². The van der Waals surface area contributed by atoms with Gasteiger partial charge in [0.15, 0.2) is 0 Å². The quantitative estimate of drug-likeness (QED) is 0.315. The molecule has 0 amide bonds. The molecule has 0 saturated heterocycles. The molecule has 1 unspecified atom stereocenters. The fourth-order valence-corrected chi connectivity index (χ4v) is 0. The van der Waals surface area contributed by atoms with Crippen molar-refractivity contribution in [2.24, 2.45) is 0 Å². The van der Waals surface area contributed by atoms with Gasteiger partial charge in [-0.2, -0.15) is 0 Å². The maximum Gasteiger partial charge on any atom is 0.0936 e. The lowest BCUT2D eigenvalue weighted by Gasteiger charge is -1.79. The third-order valence-electron chi connectivity index (χ3n) is 0. The Kier molecular flexibility index (Phi) is 1.02. The predicted molar refractivity (Wildman–Crippen MR) is 20.7 cm³/mol. The van der Waals surface area contributed by atoms with Gasteiger partial charge in [0.2, 0.25) is 0 Å². The third-order valence-corrected chi connectivity index (χ3v) is 0. The highest BCUT2D eigenvalue weighted by molar-refractivity contribution is 7.80. The summed E-state index contributed by atoms with van der Waals surface area (Å²) < 4.78 is 6.33. The van der Waals surface area contributed by atoms with Gasteiger partial charge in [0.05, 0.1) is 5.44 Å². The first kappa shape index (κ1) is 2.54. The fraction of sp³-hybridized carbons (Fsp3) is 1.00. The van der Waals surface area contributed by atoms with Crippen LogP contribution in [0.3, 0.4) is 0 Å². The predicted octanol–water partition coefficient (Wildman–Crippen LogP) is 0.255. The van der Waals surface area contributed by atoms with E-state index in [1.807, 2.05) is 0 Å². The zero-order valence-electron chi connectivity index (χ0n) is 3.18. The molecule has 0 aliphatic carbocycles. The molecule has 0 bridgehead atoms. The lowest BCUT2D eigenvalue weighted by atomic mass is 10.9. The zero-order valence-corrected chi connectivity index (χ0v) is 3.07. The molecule has 0 aliphatic rings. The molecule has 26 valence electrons. The Morgan fingerprint density at radius 1 is 2.50 bits per heavy atom. The van der Waals surface area contributed by atoms with E-state index in [1.54, 1.807) is 0 Å². The van der Waals surface area contributed by atoms with Crippen molar-refractivity contribution >= 4 is 12.6 Å². The first-order valence-electron chi connectivity index (χ1n) is 1.63. The smallest absolute Gasteiger partial charge is 0.0936 e. The van der Waals surface area contributed by atoms with Gasteiger partial charge in [0, 0.05) is 1.37 Å². The SMILES string of the molecule is [2H]CC(O)S. The maximum absolute atomic E-state index is 8.04. The molecule has 1 atom stereocenters. The van der Waals surface area contributed by atoms with Crippen molar-refractivity contribution in [3.05, 3.63) is 0 Å². The molecule has 0 aliphatic heterocycles. The van der Waals surface area contributed by atoms with Gasteiger partial charge in [0.25, 0.3) is 0 Å². The van der Waals surface area contributed by atoms with Crippen LogP contribution in [0.25, 0.3) is 0 Å². The van der Waals surface area contributed by atoms with Crippen molar-refractivity contribution in [2.75, 3.05) is 0 Å². The Bertz CT molecular complexity index is 23.6. The van der Waals surface area contributed by atoms with Crippen LogP contribution in [-0.4, -0.2) is 10.5 Å². The van der Waals surface area contributed by atoms with Gasteiger partial charge in [-0.05, 0) is 6.90 Å². The summed E-state index contributed by atoms with van der Waals surface area (Å²) in [6.45, 7) is -0.0247. The fourth-order valence-electron chi connectivity index (χ4n) is 0. The number of hydrogen-bond donors (Lipinski definition) is 2. The van der Waals surface area contributed by atoms with Gasteiger partial charge in [-0.3, -0.25) is 0 Å². The molecular formula is C2H6OS. The molecule has 2 heteroatoms. The van der Waals surface area contributed by atoms with Crippen LogP contribution >= 0.6 is 12.6 Å². The topological polar surface area (TPSA) is 20.2 Å². The summed E-state index contributed by atoms with van der Waals surface area (Å²) in [4.78, 5) is 0. The van der Waals surface area contributed by atoms with Crippen LogP contribution < -0.4 is 0 Å². The maximum atomic E-state index is 8.04. The molecule has 1 nitrogen and oxygen atoms in total. The van der Waals surface area contributed by atoms with E-state index < -0.39 is 5.44 Å². The average molecular weight is 79.1 g/mol. The summed E-state index contributed by atoms with van der Waals surface area (Å²) in [6, 6.07) is 0. The molecule has 0 radical (unpaired) electrons. The van der Waals surface area contributed by atoms with E-state index in [1.165, 1.54) is 0 Å². The summed E-state index contributed by atoms with van der Waals surface area (Å²) in [5.74, 6) is 0. The first-order valence-corrected chi connectivity index (χ1v) is 1.44. The lowest BCUT2D eigenvalue weighted by molar-refractivity contribution is 0.286. The molecule has 4 heavy (non-hydrogen) atoms. The van der Waals surface area contributed by atoms with Crippen LogP contribution in [0, 0.1) is 0 Å². The van der Waals surface area contributed by atoms with Gasteiger partial charge in [-0.1, -0.05) is 0 Å². The number of aliphatic hydroxyl groups excluding tert-OH is 1. The minimum atomic E-state index is -0.755. The minimum Gasteiger partial charge on any atom is -0.383 e. The van der Waals surface area contributed by atoms with Crippen molar-refractivity contribution in [1.29, 1.82) is 0 Å². The van der Waals surface area contributed by atoms with Crippen molar-refractivity contribution in [1.82, 2.24) is 0 Å². The molecule has 0 aromatic carbocycles.